The summed E-state index contributed by atoms with van der Waals surface area (Å²) in [6.07, 6.45) is -0.757. The normalized spacial score (nSPS) is 33.9. The van der Waals surface area contributed by atoms with Crippen LogP contribution in [-0.4, -0.2) is 34.6 Å². The highest BCUT2D eigenvalue weighted by Crippen LogP contribution is 2.11. The van der Waals surface area contributed by atoms with Gasteiger partial charge in [-0.25, -0.2) is 0 Å². The molecule has 1 aliphatic heterocycles. The molecule has 0 bridgehead atoms. The molecular formula is C4H8O6S2. The van der Waals surface area contributed by atoms with Crippen LogP contribution in [0.3, 0.4) is 0 Å². The molecule has 1 aliphatic rings. The molecule has 1 saturated heterocycles. The Balaban J connectivity index is 3.00. The lowest BCUT2D eigenvalue weighted by molar-refractivity contribution is 0.162. The predicted octanol–water partition coefficient (Wildman–Crippen LogP) is -0.961. The zero-order valence-electron chi connectivity index (χ0n) is 6.26. The second kappa shape index (κ2) is 2.95. The van der Waals surface area contributed by atoms with Gasteiger partial charge in [0.2, 0.25) is 5.08 Å². The number of rotatable bonds is 0. The van der Waals surface area contributed by atoms with Crippen molar-refractivity contribution in [2.45, 2.75) is 13.0 Å². The molecule has 1 heterocycles. The molecule has 72 valence electrons. The van der Waals surface area contributed by atoms with Crippen LogP contribution in [0.2, 0.25) is 0 Å². The van der Waals surface area contributed by atoms with Crippen molar-refractivity contribution in [1.82, 2.24) is 0 Å². The lowest BCUT2D eigenvalue weighted by Crippen LogP contribution is -2.17. The minimum absolute atomic E-state index is 0.262. The molecule has 0 aromatic rings. The number of hydrogen-bond donors (Lipinski definition) is 0. The maximum Gasteiger partial charge on any atom is 0.284 e. The Morgan fingerprint density at radius 3 is 2.33 bits per heavy atom. The van der Waals surface area contributed by atoms with Crippen LogP contribution in [0.1, 0.15) is 6.92 Å². The standard InChI is InChI=1S/C4H8O6S2/c1-4-2-9-11(5,6)3-12(7,8)10-4/h4H,2-3H2,1H3/t4-/m1/s1. The average molecular weight is 216 g/mol. The molecular weight excluding hydrogens is 208 g/mol. The molecule has 0 unspecified atom stereocenters. The first-order chi connectivity index (χ1) is 5.31. The molecule has 0 saturated carbocycles. The SMILES string of the molecule is C[C@@H]1COS(=O)(=O)CS(=O)(=O)O1. The Kier molecular flexibility index (Phi) is 2.43. The molecule has 0 aliphatic carbocycles. The van der Waals surface area contributed by atoms with Gasteiger partial charge in [0.1, 0.15) is 0 Å². The van der Waals surface area contributed by atoms with E-state index in [0.717, 1.165) is 0 Å². The summed E-state index contributed by atoms with van der Waals surface area (Å²) < 4.78 is 51.8. The molecule has 0 N–H and O–H groups in total. The highest BCUT2D eigenvalue weighted by atomic mass is 32.3. The van der Waals surface area contributed by atoms with Crippen LogP contribution >= 0.6 is 0 Å². The van der Waals surface area contributed by atoms with Crippen LogP contribution in [0, 0.1) is 0 Å². The van der Waals surface area contributed by atoms with E-state index in [1.54, 1.807) is 0 Å². The van der Waals surface area contributed by atoms with Crippen molar-refractivity contribution in [1.29, 1.82) is 0 Å². The fraction of sp³-hybridized carbons (Fsp3) is 1.00. The molecule has 0 aromatic heterocycles. The van der Waals surface area contributed by atoms with E-state index < -0.39 is 31.4 Å². The number of hydrogen-bond acceptors (Lipinski definition) is 6. The molecule has 1 rings (SSSR count). The first-order valence-corrected chi connectivity index (χ1v) is 6.24. The Bertz CT molecular complexity index is 351. The van der Waals surface area contributed by atoms with Gasteiger partial charge in [-0.15, -0.1) is 0 Å². The zero-order chi connectivity index (χ0) is 9.41. The molecule has 8 heteroatoms. The van der Waals surface area contributed by atoms with E-state index in [-0.39, 0.29) is 6.61 Å². The predicted molar refractivity (Wildman–Crippen MR) is 39.2 cm³/mol. The fourth-order valence-electron chi connectivity index (χ4n) is 0.716. The van der Waals surface area contributed by atoms with E-state index in [1.807, 2.05) is 0 Å². The van der Waals surface area contributed by atoms with Crippen LogP contribution in [0.15, 0.2) is 0 Å². The highest BCUT2D eigenvalue weighted by Gasteiger charge is 2.30. The molecule has 1 atom stereocenters. The van der Waals surface area contributed by atoms with Crippen molar-refractivity contribution in [3.05, 3.63) is 0 Å². The zero-order valence-corrected chi connectivity index (χ0v) is 7.89. The fourth-order valence-corrected chi connectivity index (χ4v) is 3.58. The van der Waals surface area contributed by atoms with E-state index in [9.17, 15) is 16.8 Å². The monoisotopic (exact) mass is 216 g/mol. The summed E-state index contributed by atoms with van der Waals surface area (Å²) in [5.74, 6) is 0. The summed E-state index contributed by atoms with van der Waals surface area (Å²) in [6.45, 7) is 1.15. The van der Waals surface area contributed by atoms with Gasteiger partial charge in [0.05, 0.1) is 12.7 Å². The average Bonchev–Trinajstić information content (AvgIpc) is 1.86. The van der Waals surface area contributed by atoms with Crippen LogP contribution in [-0.2, 0) is 28.6 Å². The minimum atomic E-state index is -3.99. The maximum atomic E-state index is 10.8. The molecule has 1 fully saturated rings. The van der Waals surface area contributed by atoms with Gasteiger partial charge in [0.25, 0.3) is 20.2 Å². The summed E-state index contributed by atoms with van der Waals surface area (Å²) >= 11 is 0. The second-order valence-electron chi connectivity index (χ2n) is 2.42. The van der Waals surface area contributed by atoms with Crippen LogP contribution in [0.25, 0.3) is 0 Å². The lowest BCUT2D eigenvalue weighted by Gasteiger charge is -2.03. The minimum Gasteiger partial charge on any atom is -0.266 e. The summed E-state index contributed by atoms with van der Waals surface area (Å²) in [7, 11) is -7.96. The Morgan fingerprint density at radius 1 is 1.17 bits per heavy atom. The van der Waals surface area contributed by atoms with E-state index >= 15 is 0 Å². The molecule has 12 heavy (non-hydrogen) atoms. The van der Waals surface area contributed by atoms with Crippen molar-refractivity contribution in [3.63, 3.8) is 0 Å². The third kappa shape index (κ3) is 2.70. The van der Waals surface area contributed by atoms with Gasteiger partial charge in [0, 0.05) is 0 Å². The topological polar surface area (TPSA) is 86.7 Å². The van der Waals surface area contributed by atoms with Crippen molar-refractivity contribution in [2.24, 2.45) is 0 Å². The van der Waals surface area contributed by atoms with E-state index in [4.69, 9.17) is 0 Å². The summed E-state index contributed by atoms with van der Waals surface area (Å²) in [5, 5.41) is -1.11. The van der Waals surface area contributed by atoms with Gasteiger partial charge in [-0.05, 0) is 6.92 Å². The Labute approximate surface area is 70.7 Å². The van der Waals surface area contributed by atoms with Gasteiger partial charge in [0.15, 0.2) is 0 Å². The molecule has 0 spiro atoms. The third-order valence-electron chi connectivity index (χ3n) is 1.08. The maximum absolute atomic E-state index is 10.8. The van der Waals surface area contributed by atoms with Gasteiger partial charge in [-0.1, -0.05) is 0 Å². The molecule has 0 radical (unpaired) electrons. The summed E-state index contributed by atoms with van der Waals surface area (Å²) in [6, 6.07) is 0. The van der Waals surface area contributed by atoms with Crippen molar-refractivity contribution in [2.75, 3.05) is 11.7 Å². The first-order valence-electron chi connectivity index (χ1n) is 3.09. The van der Waals surface area contributed by atoms with Crippen molar-refractivity contribution >= 4 is 20.2 Å². The third-order valence-corrected chi connectivity index (χ3v) is 4.51. The van der Waals surface area contributed by atoms with E-state index in [2.05, 4.69) is 8.37 Å². The van der Waals surface area contributed by atoms with Crippen molar-refractivity contribution in [3.8, 4) is 0 Å². The summed E-state index contributed by atoms with van der Waals surface area (Å²) in [4.78, 5) is 0. The van der Waals surface area contributed by atoms with Crippen LogP contribution < -0.4 is 0 Å². The lowest BCUT2D eigenvalue weighted by atomic mass is 10.5. The smallest absolute Gasteiger partial charge is 0.266 e. The van der Waals surface area contributed by atoms with E-state index in [1.165, 1.54) is 6.92 Å². The van der Waals surface area contributed by atoms with Crippen LogP contribution in [0.4, 0.5) is 0 Å². The molecule has 0 aromatic carbocycles. The Hall–Kier alpha value is -0.180. The van der Waals surface area contributed by atoms with Gasteiger partial charge < -0.3 is 0 Å². The van der Waals surface area contributed by atoms with Gasteiger partial charge >= 0.3 is 0 Å². The molecule has 6 nitrogen and oxygen atoms in total. The molecule has 0 amide bonds. The Morgan fingerprint density at radius 2 is 1.75 bits per heavy atom. The quantitative estimate of drug-likeness (QED) is 0.485. The van der Waals surface area contributed by atoms with Crippen LogP contribution in [0.5, 0.6) is 0 Å². The largest absolute Gasteiger partial charge is 0.284 e. The van der Waals surface area contributed by atoms with Gasteiger partial charge in [-0.3, -0.25) is 8.37 Å². The summed E-state index contributed by atoms with van der Waals surface area (Å²) in [5.41, 5.74) is 0. The second-order valence-corrected chi connectivity index (χ2v) is 6.03. The highest BCUT2D eigenvalue weighted by molar-refractivity contribution is 8.03. The van der Waals surface area contributed by atoms with E-state index in [0.29, 0.717) is 0 Å². The van der Waals surface area contributed by atoms with Gasteiger partial charge in [-0.2, -0.15) is 16.8 Å². The first kappa shape index (κ1) is 9.90. The van der Waals surface area contributed by atoms with Crippen molar-refractivity contribution < 1.29 is 25.2 Å².